The number of halogens is 1. The zero-order valence-corrected chi connectivity index (χ0v) is 7.54. The summed E-state index contributed by atoms with van der Waals surface area (Å²) < 4.78 is 0. The zero-order chi connectivity index (χ0) is 9.52. The summed E-state index contributed by atoms with van der Waals surface area (Å²) in [5.41, 5.74) is 0. The smallest absolute Gasteiger partial charge is 0.223 e. The first-order valence-corrected chi connectivity index (χ1v) is 3.98. The Morgan fingerprint density at radius 3 is 2.69 bits per heavy atom. The lowest BCUT2D eigenvalue weighted by Gasteiger charge is -1.97. The summed E-state index contributed by atoms with van der Waals surface area (Å²) in [5, 5.41) is 11.7. The van der Waals surface area contributed by atoms with Crippen LogP contribution in [0.5, 0.6) is 0 Å². The molecule has 0 amide bonds. The van der Waals surface area contributed by atoms with E-state index in [0.717, 1.165) is 0 Å². The number of aliphatic hydroxyl groups is 1. The Hall–Kier alpha value is -1.31. The van der Waals surface area contributed by atoms with Crippen LogP contribution in [0.4, 0.5) is 5.95 Å². The Morgan fingerprint density at radius 2 is 2.08 bits per heavy atom. The van der Waals surface area contributed by atoms with Gasteiger partial charge in [-0.3, -0.25) is 0 Å². The van der Waals surface area contributed by atoms with Crippen molar-refractivity contribution < 1.29 is 5.11 Å². The Labute approximate surface area is 81.0 Å². The molecule has 0 bridgehead atoms. The van der Waals surface area contributed by atoms with Gasteiger partial charge in [0.1, 0.15) is 6.61 Å². The standard InChI is InChI=1S/C8H8ClN3O/c9-7-5-11-8(12-6-7)10-3-1-2-4-13/h5-6,13H,3-4H2,(H,10,11,12). The molecule has 1 aromatic rings. The van der Waals surface area contributed by atoms with Crippen LogP contribution >= 0.6 is 11.6 Å². The van der Waals surface area contributed by atoms with Crippen LogP contribution in [-0.4, -0.2) is 28.2 Å². The van der Waals surface area contributed by atoms with Crippen LogP contribution in [0.25, 0.3) is 0 Å². The highest BCUT2D eigenvalue weighted by Gasteiger charge is 1.91. The molecule has 1 rings (SSSR count). The number of nitrogens with one attached hydrogen (secondary N) is 1. The fourth-order valence-corrected chi connectivity index (χ4v) is 0.743. The molecule has 13 heavy (non-hydrogen) atoms. The van der Waals surface area contributed by atoms with Gasteiger partial charge < -0.3 is 10.4 Å². The van der Waals surface area contributed by atoms with E-state index >= 15 is 0 Å². The Morgan fingerprint density at radius 1 is 1.38 bits per heavy atom. The molecule has 0 unspecified atom stereocenters. The largest absolute Gasteiger partial charge is 0.384 e. The highest BCUT2D eigenvalue weighted by atomic mass is 35.5. The van der Waals surface area contributed by atoms with Gasteiger partial charge in [0.2, 0.25) is 5.95 Å². The van der Waals surface area contributed by atoms with Crippen molar-refractivity contribution in [1.29, 1.82) is 0 Å². The zero-order valence-electron chi connectivity index (χ0n) is 6.79. The third-order valence-corrected chi connectivity index (χ3v) is 1.35. The summed E-state index contributed by atoms with van der Waals surface area (Å²) in [4.78, 5) is 7.78. The predicted molar refractivity (Wildman–Crippen MR) is 50.4 cm³/mol. The van der Waals surface area contributed by atoms with Crippen molar-refractivity contribution in [1.82, 2.24) is 9.97 Å². The van der Waals surface area contributed by atoms with Gasteiger partial charge in [-0.25, -0.2) is 9.97 Å². The first kappa shape index (κ1) is 9.78. The highest BCUT2D eigenvalue weighted by Crippen LogP contribution is 2.04. The van der Waals surface area contributed by atoms with Crippen LogP contribution in [0.2, 0.25) is 5.02 Å². The average Bonchev–Trinajstić information content (AvgIpc) is 2.15. The molecule has 5 heteroatoms. The van der Waals surface area contributed by atoms with Crippen LogP contribution in [0.15, 0.2) is 12.4 Å². The molecule has 0 saturated heterocycles. The van der Waals surface area contributed by atoms with Crippen molar-refractivity contribution in [2.75, 3.05) is 18.5 Å². The van der Waals surface area contributed by atoms with Gasteiger partial charge in [-0.05, 0) is 0 Å². The fourth-order valence-electron chi connectivity index (χ4n) is 0.645. The van der Waals surface area contributed by atoms with Crippen molar-refractivity contribution >= 4 is 17.5 Å². The van der Waals surface area contributed by atoms with E-state index in [-0.39, 0.29) is 6.61 Å². The van der Waals surface area contributed by atoms with E-state index in [1.54, 1.807) is 0 Å². The van der Waals surface area contributed by atoms with E-state index in [0.29, 0.717) is 17.5 Å². The second-order valence-electron chi connectivity index (χ2n) is 2.09. The van der Waals surface area contributed by atoms with E-state index in [2.05, 4.69) is 27.1 Å². The van der Waals surface area contributed by atoms with Crippen LogP contribution in [0.1, 0.15) is 0 Å². The van der Waals surface area contributed by atoms with Crippen LogP contribution < -0.4 is 5.32 Å². The first-order valence-electron chi connectivity index (χ1n) is 3.61. The fraction of sp³-hybridized carbons (Fsp3) is 0.250. The minimum Gasteiger partial charge on any atom is -0.384 e. The average molecular weight is 198 g/mol. The molecule has 1 aromatic heterocycles. The van der Waals surface area contributed by atoms with Gasteiger partial charge in [0.25, 0.3) is 0 Å². The summed E-state index contributed by atoms with van der Waals surface area (Å²) >= 11 is 5.58. The summed E-state index contributed by atoms with van der Waals surface area (Å²) in [6.45, 7) is 0.269. The molecule has 0 aliphatic carbocycles. The molecule has 0 saturated carbocycles. The maximum absolute atomic E-state index is 8.35. The van der Waals surface area contributed by atoms with Crippen molar-refractivity contribution in [2.45, 2.75) is 0 Å². The quantitative estimate of drug-likeness (QED) is 0.680. The van der Waals surface area contributed by atoms with Crippen LogP contribution in [0.3, 0.4) is 0 Å². The van der Waals surface area contributed by atoms with Gasteiger partial charge in [-0.15, -0.1) is 0 Å². The highest BCUT2D eigenvalue weighted by molar-refractivity contribution is 6.30. The van der Waals surface area contributed by atoms with E-state index < -0.39 is 0 Å². The SMILES string of the molecule is OCC#CCNc1ncc(Cl)cn1. The molecule has 2 N–H and O–H groups in total. The minimum atomic E-state index is -0.136. The van der Waals surface area contributed by atoms with Crippen molar-refractivity contribution in [3.63, 3.8) is 0 Å². The molecule has 1 heterocycles. The Bertz CT molecular complexity index is 314. The molecule has 0 spiro atoms. The first-order chi connectivity index (χ1) is 6.33. The van der Waals surface area contributed by atoms with Gasteiger partial charge in [0, 0.05) is 0 Å². The second kappa shape index (κ2) is 5.36. The van der Waals surface area contributed by atoms with Gasteiger partial charge >= 0.3 is 0 Å². The molecule has 0 atom stereocenters. The molecule has 0 aliphatic heterocycles. The van der Waals surface area contributed by atoms with Crippen molar-refractivity contribution in [2.24, 2.45) is 0 Å². The lowest BCUT2D eigenvalue weighted by atomic mass is 10.5. The molecule has 4 nitrogen and oxygen atoms in total. The normalized spacial score (nSPS) is 8.77. The van der Waals surface area contributed by atoms with Crippen LogP contribution in [0, 0.1) is 11.8 Å². The van der Waals surface area contributed by atoms with E-state index in [4.69, 9.17) is 16.7 Å². The molecule has 0 aromatic carbocycles. The van der Waals surface area contributed by atoms with Gasteiger partial charge in [-0.2, -0.15) is 0 Å². The number of rotatable bonds is 2. The number of aromatic nitrogens is 2. The van der Waals surface area contributed by atoms with E-state index in [1.807, 2.05) is 0 Å². The molecule has 0 fully saturated rings. The summed E-state index contributed by atoms with van der Waals surface area (Å²) in [5.74, 6) is 5.63. The number of hydrogen-bond donors (Lipinski definition) is 2. The minimum absolute atomic E-state index is 0.136. The van der Waals surface area contributed by atoms with Crippen molar-refractivity contribution in [3.05, 3.63) is 17.4 Å². The number of nitrogens with zero attached hydrogens (tertiary/aromatic N) is 2. The molecular weight excluding hydrogens is 190 g/mol. The lowest BCUT2D eigenvalue weighted by Crippen LogP contribution is -2.02. The van der Waals surface area contributed by atoms with Gasteiger partial charge in [0.15, 0.2) is 0 Å². The monoisotopic (exact) mass is 197 g/mol. The van der Waals surface area contributed by atoms with Crippen molar-refractivity contribution in [3.8, 4) is 11.8 Å². The molecule has 68 valence electrons. The Kier molecular flexibility index (Phi) is 4.03. The summed E-state index contributed by atoms with van der Waals surface area (Å²) in [7, 11) is 0. The molecule has 0 aliphatic rings. The predicted octanol–water partition coefficient (Wildman–Crippen LogP) is 0.538. The van der Waals surface area contributed by atoms with Gasteiger partial charge in [0.05, 0.1) is 24.0 Å². The molecule has 0 radical (unpaired) electrons. The second-order valence-corrected chi connectivity index (χ2v) is 2.53. The van der Waals surface area contributed by atoms with E-state index in [1.165, 1.54) is 12.4 Å². The summed E-state index contributed by atoms with van der Waals surface area (Å²) in [6.07, 6.45) is 2.99. The number of anilines is 1. The number of hydrogen-bond acceptors (Lipinski definition) is 4. The third-order valence-electron chi connectivity index (χ3n) is 1.16. The Balaban J connectivity index is 2.41. The van der Waals surface area contributed by atoms with Gasteiger partial charge in [-0.1, -0.05) is 23.4 Å². The van der Waals surface area contributed by atoms with E-state index in [9.17, 15) is 0 Å². The third kappa shape index (κ3) is 3.74. The molecular formula is C8H8ClN3O. The topological polar surface area (TPSA) is 58.0 Å². The maximum Gasteiger partial charge on any atom is 0.223 e. The summed E-state index contributed by atoms with van der Waals surface area (Å²) in [6, 6.07) is 0. The number of aliphatic hydroxyl groups excluding tert-OH is 1. The lowest BCUT2D eigenvalue weighted by molar-refractivity contribution is 0.350. The van der Waals surface area contributed by atoms with Crippen LogP contribution in [-0.2, 0) is 0 Å². The maximum atomic E-state index is 8.35.